The number of ether oxygens (including phenoxy) is 2. The summed E-state index contributed by atoms with van der Waals surface area (Å²) in [6, 6.07) is 17.6. The second-order valence-corrected chi connectivity index (χ2v) is 8.64. The van der Waals surface area contributed by atoms with Crippen LogP contribution in [0.2, 0.25) is 0 Å². The van der Waals surface area contributed by atoms with Crippen LogP contribution in [0.15, 0.2) is 71.3 Å². The van der Waals surface area contributed by atoms with Gasteiger partial charge in [0.1, 0.15) is 24.6 Å². The Kier molecular flexibility index (Phi) is 8.20. The standard InChI is InChI=1S/C29H29FN2O5/c1-3-35-28(34)14-22-7-8-24(32-18(2)33)15-27(22)37-17-19-11-23-9-10-36-29(23)25(12-19)20-5-4-6-21(13-20)26(31)16-30/h4-13,15,26H,3,14,16-17,31H2,1-2H3,(H,32,33). The number of esters is 1. The average molecular weight is 505 g/mol. The quantitative estimate of drug-likeness (QED) is 0.268. The number of carbonyl (C=O) groups is 2. The molecule has 8 heteroatoms. The Labute approximate surface area is 214 Å². The van der Waals surface area contributed by atoms with Crippen molar-refractivity contribution in [2.75, 3.05) is 18.6 Å². The van der Waals surface area contributed by atoms with Gasteiger partial charge in [-0.3, -0.25) is 9.59 Å². The molecule has 0 aliphatic carbocycles. The second-order valence-electron chi connectivity index (χ2n) is 8.64. The maximum Gasteiger partial charge on any atom is 0.310 e. The van der Waals surface area contributed by atoms with Gasteiger partial charge in [0.2, 0.25) is 5.91 Å². The predicted molar refractivity (Wildman–Crippen MR) is 140 cm³/mol. The molecule has 0 radical (unpaired) electrons. The minimum Gasteiger partial charge on any atom is -0.489 e. The van der Waals surface area contributed by atoms with E-state index < -0.39 is 12.7 Å². The third-order valence-electron chi connectivity index (χ3n) is 5.82. The Bertz CT molecular complexity index is 1410. The van der Waals surface area contributed by atoms with Gasteiger partial charge in [0.25, 0.3) is 0 Å². The number of rotatable bonds is 10. The molecule has 0 saturated carbocycles. The fourth-order valence-electron chi connectivity index (χ4n) is 4.11. The first kappa shape index (κ1) is 25.9. The lowest BCUT2D eigenvalue weighted by Crippen LogP contribution is -2.11. The molecule has 3 N–H and O–H groups in total. The van der Waals surface area contributed by atoms with Crippen molar-refractivity contribution in [1.82, 2.24) is 0 Å². The molecule has 0 saturated heterocycles. The molecule has 4 rings (SSSR count). The number of furan rings is 1. The zero-order valence-corrected chi connectivity index (χ0v) is 20.8. The molecule has 0 spiro atoms. The van der Waals surface area contributed by atoms with Crippen LogP contribution in [0.25, 0.3) is 22.1 Å². The Balaban J connectivity index is 1.66. The summed E-state index contributed by atoms with van der Waals surface area (Å²) in [5.74, 6) is -0.119. The van der Waals surface area contributed by atoms with Crippen LogP contribution in [0.3, 0.4) is 0 Å². The minimum absolute atomic E-state index is 0.0388. The van der Waals surface area contributed by atoms with E-state index in [0.717, 1.165) is 22.1 Å². The Morgan fingerprint density at radius 3 is 2.70 bits per heavy atom. The molecule has 0 fully saturated rings. The summed E-state index contributed by atoms with van der Waals surface area (Å²) < 4.78 is 30.2. The van der Waals surface area contributed by atoms with Gasteiger partial charge < -0.3 is 24.9 Å². The first-order chi connectivity index (χ1) is 17.9. The average Bonchev–Trinajstić information content (AvgIpc) is 3.36. The molecule has 1 unspecified atom stereocenters. The molecule has 1 atom stereocenters. The van der Waals surface area contributed by atoms with E-state index in [0.29, 0.717) is 28.1 Å². The number of carbonyl (C=O) groups excluding carboxylic acids is 2. The number of nitrogens with one attached hydrogen (secondary N) is 1. The van der Waals surface area contributed by atoms with Crippen molar-refractivity contribution in [3.8, 4) is 16.9 Å². The summed E-state index contributed by atoms with van der Waals surface area (Å²) in [5.41, 5.74) is 11.0. The molecule has 192 valence electrons. The molecule has 1 amide bonds. The fourth-order valence-corrected chi connectivity index (χ4v) is 4.11. The van der Waals surface area contributed by atoms with Crippen LogP contribution in [0.1, 0.15) is 36.6 Å². The predicted octanol–water partition coefficient (Wildman–Crippen LogP) is 5.71. The van der Waals surface area contributed by atoms with Gasteiger partial charge in [-0.15, -0.1) is 0 Å². The van der Waals surface area contributed by atoms with Crippen LogP contribution in [0.4, 0.5) is 10.1 Å². The first-order valence-electron chi connectivity index (χ1n) is 12.0. The summed E-state index contributed by atoms with van der Waals surface area (Å²) in [4.78, 5) is 23.7. The summed E-state index contributed by atoms with van der Waals surface area (Å²) in [6.45, 7) is 2.99. The van der Waals surface area contributed by atoms with Crippen LogP contribution in [-0.2, 0) is 27.4 Å². The van der Waals surface area contributed by atoms with Gasteiger partial charge in [-0.05, 0) is 53.9 Å². The van der Waals surface area contributed by atoms with E-state index in [1.807, 2.05) is 36.4 Å². The highest BCUT2D eigenvalue weighted by Crippen LogP contribution is 2.33. The van der Waals surface area contributed by atoms with Crippen LogP contribution in [0, 0.1) is 0 Å². The third kappa shape index (κ3) is 6.34. The zero-order valence-electron chi connectivity index (χ0n) is 20.8. The first-order valence-corrected chi connectivity index (χ1v) is 12.0. The highest BCUT2D eigenvalue weighted by atomic mass is 19.1. The van der Waals surface area contributed by atoms with Crippen molar-refractivity contribution in [3.05, 3.63) is 83.6 Å². The minimum atomic E-state index is -0.702. The van der Waals surface area contributed by atoms with Crippen molar-refractivity contribution in [2.45, 2.75) is 32.9 Å². The van der Waals surface area contributed by atoms with E-state index in [2.05, 4.69) is 5.32 Å². The molecule has 0 bridgehead atoms. The smallest absolute Gasteiger partial charge is 0.310 e. The van der Waals surface area contributed by atoms with E-state index >= 15 is 0 Å². The highest BCUT2D eigenvalue weighted by Gasteiger charge is 2.15. The maximum atomic E-state index is 13.2. The van der Waals surface area contributed by atoms with Gasteiger partial charge in [0, 0.05) is 35.2 Å². The molecule has 1 heterocycles. The Morgan fingerprint density at radius 2 is 1.95 bits per heavy atom. The van der Waals surface area contributed by atoms with E-state index in [-0.39, 0.29) is 31.5 Å². The monoisotopic (exact) mass is 504 g/mol. The van der Waals surface area contributed by atoms with Gasteiger partial charge in [0.15, 0.2) is 0 Å². The van der Waals surface area contributed by atoms with Crippen molar-refractivity contribution in [2.24, 2.45) is 5.73 Å². The molecule has 1 aromatic heterocycles. The van der Waals surface area contributed by atoms with Crippen LogP contribution in [-0.4, -0.2) is 25.2 Å². The molecular formula is C29H29FN2O5. The molecule has 3 aromatic carbocycles. The van der Waals surface area contributed by atoms with Gasteiger partial charge in [-0.25, -0.2) is 4.39 Å². The van der Waals surface area contributed by atoms with Gasteiger partial charge in [-0.1, -0.05) is 24.3 Å². The maximum absolute atomic E-state index is 13.2. The molecular weight excluding hydrogens is 475 g/mol. The SMILES string of the molecule is CCOC(=O)Cc1ccc(NC(C)=O)cc1OCc1cc(-c2cccc(C(N)CF)c2)c2occc2c1. The van der Waals surface area contributed by atoms with Crippen molar-refractivity contribution < 1.29 is 27.9 Å². The number of halogens is 1. The summed E-state index contributed by atoms with van der Waals surface area (Å²) in [6.07, 6.45) is 1.65. The van der Waals surface area contributed by atoms with E-state index in [1.54, 1.807) is 37.5 Å². The summed E-state index contributed by atoms with van der Waals surface area (Å²) >= 11 is 0. The third-order valence-corrected chi connectivity index (χ3v) is 5.82. The lowest BCUT2D eigenvalue weighted by Gasteiger charge is -2.15. The van der Waals surface area contributed by atoms with E-state index in [4.69, 9.17) is 19.6 Å². The van der Waals surface area contributed by atoms with E-state index in [1.165, 1.54) is 6.92 Å². The number of alkyl halides is 1. The lowest BCUT2D eigenvalue weighted by atomic mass is 9.97. The Morgan fingerprint density at radius 1 is 1.11 bits per heavy atom. The van der Waals surface area contributed by atoms with Gasteiger partial charge >= 0.3 is 5.97 Å². The van der Waals surface area contributed by atoms with Crippen molar-refractivity contribution in [1.29, 1.82) is 0 Å². The molecule has 4 aromatic rings. The molecule has 0 aliphatic heterocycles. The van der Waals surface area contributed by atoms with Gasteiger partial charge in [0.05, 0.1) is 25.3 Å². The van der Waals surface area contributed by atoms with Crippen molar-refractivity contribution >= 4 is 28.5 Å². The second kappa shape index (κ2) is 11.7. The zero-order chi connectivity index (χ0) is 26.4. The lowest BCUT2D eigenvalue weighted by molar-refractivity contribution is -0.142. The van der Waals surface area contributed by atoms with Gasteiger partial charge in [-0.2, -0.15) is 0 Å². The van der Waals surface area contributed by atoms with Crippen molar-refractivity contribution in [3.63, 3.8) is 0 Å². The Hall–Kier alpha value is -4.17. The molecule has 7 nitrogen and oxygen atoms in total. The number of hydrogen-bond donors (Lipinski definition) is 2. The van der Waals surface area contributed by atoms with E-state index in [9.17, 15) is 14.0 Å². The summed E-state index contributed by atoms with van der Waals surface area (Å²) in [7, 11) is 0. The fraction of sp³-hybridized carbons (Fsp3) is 0.241. The topological polar surface area (TPSA) is 104 Å². The number of nitrogens with two attached hydrogens (primary N) is 1. The summed E-state index contributed by atoms with van der Waals surface area (Å²) in [5, 5.41) is 3.62. The largest absolute Gasteiger partial charge is 0.489 e. The van der Waals surface area contributed by atoms with Crippen LogP contribution >= 0.6 is 0 Å². The van der Waals surface area contributed by atoms with Crippen LogP contribution in [0.5, 0.6) is 5.75 Å². The van der Waals surface area contributed by atoms with Crippen LogP contribution < -0.4 is 15.8 Å². The number of amides is 1. The molecule has 0 aliphatic rings. The number of benzene rings is 3. The molecule has 37 heavy (non-hydrogen) atoms. The highest BCUT2D eigenvalue weighted by molar-refractivity contribution is 5.93. The number of fused-ring (bicyclic) bond motifs is 1. The normalized spacial score (nSPS) is 11.8. The number of hydrogen-bond acceptors (Lipinski definition) is 6. The number of anilines is 1.